The van der Waals surface area contributed by atoms with Gasteiger partial charge in [0.15, 0.2) is 0 Å². The second-order valence-electron chi connectivity index (χ2n) is 3.22. The van der Waals surface area contributed by atoms with Crippen molar-refractivity contribution in [1.29, 1.82) is 0 Å². The fourth-order valence-electron chi connectivity index (χ4n) is 1.36. The molecule has 1 aromatic heterocycles. The zero-order valence-corrected chi connectivity index (χ0v) is 10.3. The molecule has 0 radical (unpaired) electrons. The first-order chi connectivity index (χ1) is 7.29. The number of hydrogen-bond acceptors (Lipinski definition) is 1. The smallest absolute Gasteiger partial charge is 0.0489 e. The van der Waals surface area contributed by atoms with Crippen molar-refractivity contribution in [1.82, 2.24) is 4.98 Å². The molecule has 0 spiro atoms. The summed E-state index contributed by atoms with van der Waals surface area (Å²) in [5.41, 5.74) is 3.29. The Bertz CT molecular complexity index is 453. The van der Waals surface area contributed by atoms with Gasteiger partial charge in [-0.15, -0.1) is 11.6 Å². The van der Waals surface area contributed by atoms with Gasteiger partial charge in [-0.3, -0.25) is 4.98 Å². The number of pyridine rings is 1. The molecule has 0 aliphatic rings. The van der Waals surface area contributed by atoms with E-state index in [2.05, 4.69) is 39.1 Å². The zero-order valence-electron chi connectivity index (χ0n) is 7.95. The van der Waals surface area contributed by atoms with E-state index < -0.39 is 0 Å². The van der Waals surface area contributed by atoms with E-state index in [0.29, 0.717) is 5.88 Å². The van der Waals surface area contributed by atoms with Gasteiger partial charge in [-0.05, 0) is 29.3 Å². The molecule has 0 aliphatic carbocycles. The first kappa shape index (κ1) is 10.7. The first-order valence-electron chi connectivity index (χ1n) is 4.55. The van der Waals surface area contributed by atoms with E-state index in [1.807, 2.05) is 18.3 Å². The second kappa shape index (κ2) is 4.77. The lowest BCUT2D eigenvalue weighted by Crippen LogP contribution is -1.84. The molecule has 0 amide bonds. The first-order valence-corrected chi connectivity index (χ1v) is 5.88. The topological polar surface area (TPSA) is 12.9 Å². The van der Waals surface area contributed by atoms with Crippen LogP contribution < -0.4 is 0 Å². The van der Waals surface area contributed by atoms with Crippen molar-refractivity contribution in [3.8, 4) is 11.1 Å². The van der Waals surface area contributed by atoms with Crippen LogP contribution >= 0.6 is 27.5 Å². The van der Waals surface area contributed by atoms with Gasteiger partial charge >= 0.3 is 0 Å². The molecule has 0 saturated carbocycles. The summed E-state index contributed by atoms with van der Waals surface area (Å²) in [4.78, 5) is 4.16. The summed E-state index contributed by atoms with van der Waals surface area (Å²) < 4.78 is 1.08. The molecular formula is C12H9BrClN. The monoisotopic (exact) mass is 281 g/mol. The van der Waals surface area contributed by atoms with Gasteiger partial charge in [0.1, 0.15) is 0 Å². The van der Waals surface area contributed by atoms with E-state index in [4.69, 9.17) is 11.6 Å². The van der Waals surface area contributed by atoms with Gasteiger partial charge < -0.3 is 0 Å². The fraction of sp³-hybridized carbons (Fsp3) is 0.0833. The van der Waals surface area contributed by atoms with Crippen molar-refractivity contribution in [2.75, 3.05) is 0 Å². The SMILES string of the molecule is ClCc1cncc(-c2ccc(Br)cc2)c1. The molecule has 1 nitrogen and oxygen atoms in total. The van der Waals surface area contributed by atoms with Gasteiger partial charge in [-0.25, -0.2) is 0 Å². The third-order valence-electron chi connectivity index (χ3n) is 2.13. The third-order valence-corrected chi connectivity index (χ3v) is 2.96. The Balaban J connectivity index is 2.40. The van der Waals surface area contributed by atoms with Crippen LogP contribution in [0.15, 0.2) is 47.2 Å². The molecule has 2 rings (SSSR count). The Labute approximate surface area is 102 Å². The van der Waals surface area contributed by atoms with E-state index in [-0.39, 0.29) is 0 Å². The highest BCUT2D eigenvalue weighted by atomic mass is 79.9. The van der Waals surface area contributed by atoms with Gasteiger partial charge in [-0.2, -0.15) is 0 Å². The van der Waals surface area contributed by atoms with E-state index in [1.54, 1.807) is 6.20 Å². The van der Waals surface area contributed by atoms with Gasteiger partial charge in [-0.1, -0.05) is 28.1 Å². The molecule has 0 atom stereocenters. The van der Waals surface area contributed by atoms with E-state index >= 15 is 0 Å². The maximum atomic E-state index is 5.76. The average Bonchev–Trinajstić information content (AvgIpc) is 2.30. The number of alkyl halides is 1. The van der Waals surface area contributed by atoms with Crippen LogP contribution in [-0.2, 0) is 5.88 Å². The number of nitrogens with zero attached hydrogens (tertiary/aromatic N) is 1. The lowest BCUT2D eigenvalue weighted by Gasteiger charge is -2.02. The maximum absolute atomic E-state index is 5.76. The largest absolute Gasteiger partial charge is 0.264 e. The number of aromatic nitrogens is 1. The standard InChI is InChI=1S/C12H9BrClN/c13-12-3-1-10(2-4-12)11-5-9(6-14)7-15-8-11/h1-5,7-8H,6H2. The van der Waals surface area contributed by atoms with Crippen LogP contribution in [-0.4, -0.2) is 4.98 Å². The van der Waals surface area contributed by atoms with Crippen LogP contribution in [0.4, 0.5) is 0 Å². The molecule has 0 aliphatic heterocycles. The Morgan fingerprint density at radius 2 is 1.80 bits per heavy atom. The second-order valence-corrected chi connectivity index (χ2v) is 4.41. The minimum Gasteiger partial charge on any atom is -0.264 e. The lowest BCUT2D eigenvalue weighted by molar-refractivity contribution is 1.25. The normalized spacial score (nSPS) is 10.3. The highest BCUT2D eigenvalue weighted by molar-refractivity contribution is 9.10. The van der Waals surface area contributed by atoms with Crippen molar-refractivity contribution >= 4 is 27.5 Å². The highest BCUT2D eigenvalue weighted by Gasteiger charge is 1.99. The molecular weight excluding hydrogens is 273 g/mol. The lowest BCUT2D eigenvalue weighted by atomic mass is 10.1. The van der Waals surface area contributed by atoms with Crippen molar-refractivity contribution in [3.63, 3.8) is 0 Å². The van der Waals surface area contributed by atoms with E-state index in [1.165, 1.54) is 0 Å². The molecule has 15 heavy (non-hydrogen) atoms. The summed E-state index contributed by atoms with van der Waals surface area (Å²) in [7, 11) is 0. The molecule has 0 N–H and O–H groups in total. The molecule has 0 fully saturated rings. The maximum Gasteiger partial charge on any atom is 0.0489 e. The third kappa shape index (κ3) is 2.58. The molecule has 0 saturated heterocycles. The van der Waals surface area contributed by atoms with Crippen molar-refractivity contribution in [2.24, 2.45) is 0 Å². The summed E-state index contributed by atoms with van der Waals surface area (Å²) in [5, 5.41) is 0. The van der Waals surface area contributed by atoms with Crippen molar-refractivity contribution in [2.45, 2.75) is 5.88 Å². The Morgan fingerprint density at radius 1 is 1.07 bits per heavy atom. The number of hydrogen-bond donors (Lipinski definition) is 0. The van der Waals surface area contributed by atoms with E-state index in [0.717, 1.165) is 21.2 Å². The molecule has 1 heterocycles. The van der Waals surface area contributed by atoms with Gasteiger partial charge in [0, 0.05) is 28.3 Å². The Morgan fingerprint density at radius 3 is 2.47 bits per heavy atom. The van der Waals surface area contributed by atoms with Gasteiger partial charge in [0.25, 0.3) is 0 Å². The summed E-state index contributed by atoms with van der Waals surface area (Å²) >= 11 is 9.17. The van der Waals surface area contributed by atoms with Crippen LogP contribution in [0, 0.1) is 0 Å². The molecule has 3 heteroatoms. The van der Waals surface area contributed by atoms with Crippen LogP contribution in [0.5, 0.6) is 0 Å². The predicted molar refractivity (Wildman–Crippen MR) is 66.9 cm³/mol. The predicted octanol–water partition coefficient (Wildman–Crippen LogP) is 4.25. The highest BCUT2D eigenvalue weighted by Crippen LogP contribution is 2.22. The number of rotatable bonds is 2. The summed E-state index contributed by atoms with van der Waals surface area (Å²) in [6.07, 6.45) is 3.63. The van der Waals surface area contributed by atoms with Crippen molar-refractivity contribution in [3.05, 3.63) is 52.8 Å². The van der Waals surface area contributed by atoms with Gasteiger partial charge in [0.05, 0.1) is 0 Å². The fourth-order valence-corrected chi connectivity index (χ4v) is 1.77. The van der Waals surface area contributed by atoms with Crippen LogP contribution in [0.25, 0.3) is 11.1 Å². The van der Waals surface area contributed by atoms with Crippen LogP contribution in [0.1, 0.15) is 5.56 Å². The minimum absolute atomic E-state index is 0.497. The molecule has 0 unspecified atom stereocenters. The molecule has 0 bridgehead atoms. The minimum atomic E-state index is 0.497. The summed E-state index contributed by atoms with van der Waals surface area (Å²) in [6.45, 7) is 0. The van der Waals surface area contributed by atoms with Crippen molar-refractivity contribution < 1.29 is 0 Å². The molecule has 1 aromatic carbocycles. The molecule has 76 valence electrons. The summed E-state index contributed by atoms with van der Waals surface area (Å²) in [6, 6.07) is 10.2. The zero-order chi connectivity index (χ0) is 10.7. The number of halogens is 2. The Kier molecular flexibility index (Phi) is 3.39. The average molecular weight is 283 g/mol. The summed E-state index contributed by atoms with van der Waals surface area (Å²) in [5.74, 6) is 0.497. The van der Waals surface area contributed by atoms with Crippen LogP contribution in [0.3, 0.4) is 0 Å². The van der Waals surface area contributed by atoms with E-state index in [9.17, 15) is 0 Å². The van der Waals surface area contributed by atoms with Crippen LogP contribution in [0.2, 0.25) is 0 Å². The van der Waals surface area contributed by atoms with Gasteiger partial charge in [0.2, 0.25) is 0 Å². The molecule has 2 aromatic rings. The number of benzene rings is 1. The Hall–Kier alpha value is -0.860. The quantitative estimate of drug-likeness (QED) is 0.750.